The number of rotatable bonds is 7. The topological polar surface area (TPSA) is 88.7 Å². The fourth-order valence-corrected chi connectivity index (χ4v) is 2.47. The van der Waals surface area contributed by atoms with E-state index >= 15 is 0 Å². The highest BCUT2D eigenvalue weighted by molar-refractivity contribution is 5.97. The van der Waals surface area contributed by atoms with Gasteiger partial charge in [0.05, 0.1) is 26.5 Å². The van der Waals surface area contributed by atoms with Gasteiger partial charge in [-0.2, -0.15) is 0 Å². The summed E-state index contributed by atoms with van der Waals surface area (Å²) in [7, 11) is 3.08. The normalized spacial score (nSPS) is 10.8. The maximum Gasteiger partial charge on any atom is 0.251 e. The standard InChI is InChI=1S/C21H27N3O4/c1-21(2,3)24-20(26)14-7-6-8-15(11-14)22-13-19(25)23-17-12-16(27-4)9-10-18(17)28-5/h6-12,22H,13H2,1-5H3,(H,23,25)(H,24,26). The molecule has 28 heavy (non-hydrogen) atoms. The smallest absolute Gasteiger partial charge is 0.251 e. The molecule has 2 rings (SSSR count). The molecule has 0 spiro atoms. The SMILES string of the molecule is COc1ccc(OC)c(NC(=O)CNc2cccc(C(=O)NC(C)(C)C)c2)c1. The summed E-state index contributed by atoms with van der Waals surface area (Å²) in [5.74, 6) is 0.731. The van der Waals surface area contributed by atoms with Crippen molar-refractivity contribution >= 4 is 23.2 Å². The molecule has 0 saturated carbocycles. The van der Waals surface area contributed by atoms with Gasteiger partial charge < -0.3 is 25.4 Å². The predicted molar refractivity (Wildman–Crippen MR) is 110 cm³/mol. The van der Waals surface area contributed by atoms with E-state index in [1.165, 1.54) is 7.11 Å². The van der Waals surface area contributed by atoms with Crippen LogP contribution >= 0.6 is 0 Å². The second-order valence-corrected chi connectivity index (χ2v) is 7.25. The molecule has 7 heteroatoms. The van der Waals surface area contributed by atoms with Crippen molar-refractivity contribution in [3.63, 3.8) is 0 Å². The number of hydrogen-bond donors (Lipinski definition) is 3. The average molecular weight is 385 g/mol. The molecule has 0 aromatic heterocycles. The van der Waals surface area contributed by atoms with Crippen LogP contribution in [0.15, 0.2) is 42.5 Å². The van der Waals surface area contributed by atoms with Gasteiger partial charge in [0.2, 0.25) is 5.91 Å². The first-order valence-corrected chi connectivity index (χ1v) is 8.90. The minimum absolute atomic E-state index is 0.0324. The summed E-state index contributed by atoms with van der Waals surface area (Å²) in [6, 6.07) is 12.2. The summed E-state index contributed by atoms with van der Waals surface area (Å²) in [6.45, 7) is 5.79. The van der Waals surface area contributed by atoms with Crippen LogP contribution in [0.2, 0.25) is 0 Å². The maximum absolute atomic E-state index is 12.3. The van der Waals surface area contributed by atoms with Crippen LogP contribution in [-0.2, 0) is 4.79 Å². The molecule has 7 nitrogen and oxygen atoms in total. The minimum atomic E-state index is -0.323. The van der Waals surface area contributed by atoms with E-state index in [0.717, 1.165) is 0 Å². The first kappa shape index (κ1) is 21.1. The quantitative estimate of drug-likeness (QED) is 0.681. The van der Waals surface area contributed by atoms with E-state index in [2.05, 4.69) is 16.0 Å². The third-order valence-corrected chi connectivity index (χ3v) is 3.75. The molecular formula is C21H27N3O4. The van der Waals surface area contributed by atoms with E-state index in [-0.39, 0.29) is 23.9 Å². The first-order valence-electron chi connectivity index (χ1n) is 8.90. The Kier molecular flexibility index (Phi) is 6.87. The summed E-state index contributed by atoms with van der Waals surface area (Å²) in [4.78, 5) is 24.6. The van der Waals surface area contributed by atoms with Crippen LogP contribution in [-0.4, -0.2) is 38.1 Å². The minimum Gasteiger partial charge on any atom is -0.497 e. The lowest BCUT2D eigenvalue weighted by Gasteiger charge is -2.20. The first-order chi connectivity index (χ1) is 13.2. The summed E-state index contributed by atoms with van der Waals surface area (Å²) in [6.07, 6.45) is 0. The molecule has 2 aromatic carbocycles. The van der Waals surface area contributed by atoms with Crippen molar-refractivity contribution in [3.05, 3.63) is 48.0 Å². The largest absolute Gasteiger partial charge is 0.497 e. The Morgan fingerprint density at radius 1 is 1.00 bits per heavy atom. The molecule has 3 N–H and O–H groups in total. The van der Waals surface area contributed by atoms with Crippen molar-refractivity contribution in [2.24, 2.45) is 0 Å². The van der Waals surface area contributed by atoms with E-state index in [1.54, 1.807) is 49.6 Å². The van der Waals surface area contributed by atoms with Crippen LogP contribution < -0.4 is 25.4 Å². The maximum atomic E-state index is 12.3. The third kappa shape index (κ3) is 6.19. The van der Waals surface area contributed by atoms with Crippen molar-refractivity contribution in [1.82, 2.24) is 5.32 Å². The van der Waals surface area contributed by atoms with Gasteiger partial charge in [-0.3, -0.25) is 9.59 Å². The molecule has 2 amide bonds. The molecule has 0 atom stereocenters. The Morgan fingerprint density at radius 3 is 2.39 bits per heavy atom. The van der Waals surface area contributed by atoms with Gasteiger partial charge in [-0.05, 0) is 51.1 Å². The second-order valence-electron chi connectivity index (χ2n) is 7.25. The lowest BCUT2D eigenvalue weighted by Crippen LogP contribution is -2.40. The molecule has 0 unspecified atom stereocenters. The summed E-state index contributed by atoms with van der Waals surface area (Å²) < 4.78 is 10.4. The highest BCUT2D eigenvalue weighted by atomic mass is 16.5. The Hall–Kier alpha value is -3.22. The molecule has 0 fully saturated rings. The fraction of sp³-hybridized carbons (Fsp3) is 0.333. The molecular weight excluding hydrogens is 358 g/mol. The van der Waals surface area contributed by atoms with E-state index < -0.39 is 0 Å². The number of carbonyl (C=O) groups excluding carboxylic acids is 2. The van der Waals surface area contributed by atoms with Gasteiger partial charge in [-0.15, -0.1) is 0 Å². The van der Waals surface area contributed by atoms with E-state index in [0.29, 0.717) is 28.4 Å². The number of anilines is 2. The molecule has 0 heterocycles. The van der Waals surface area contributed by atoms with E-state index in [1.807, 2.05) is 20.8 Å². The van der Waals surface area contributed by atoms with Crippen LogP contribution in [0.25, 0.3) is 0 Å². The Labute approximate surface area is 165 Å². The number of amides is 2. The molecule has 0 radical (unpaired) electrons. The van der Waals surface area contributed by atoms with Crippen LogP contribution in [0, 0.1) is 0 Å². The van der Waals surface area contributed by atoms with Gasteiger partial charge in [0.1, 0.15) is 11.5 Å². The number of ether oxygens (including phenoxy) is 2. The van der Waals surface area contributed by atoms with Crippen LogP contribution in [0.4, 0.5) is 11.4 Å². The van der Waals surface area contributed by atoms with Crippen molar-refractivity contribution in [2.75, 3.05) is 31.4 Å². The molecule has 2 aromatic rings. The Bertz CT molecular complexity index is 844. The second kappa shape index (κ2) is 9.12. The monoisotopic (exact) mass is 385 g/mol. The lowest BCUT2D eigenvalue weighted by molar-refractivity contribution is -0.114. The average Bonchev–Trinajstić information content (AvgIpc) is 2.65. The fourth-order valence-electron chi connectivity index (χ4n) is 2.47. The summed E-state index contributed by atoms with van der Waals surface area (Å²) >= 11 is 0. The van der Waals surface area contributed by atoms with Gasteiger partial charge >= 0.3 is 0 Å². The molecule has 0 aliphatic rings. The van der Waals surface area contributed by atoms with Crippen LogP contribution in [0.3, 0.4) is 0 Å². The zero-order valence-electron chi connectivity index (χ0n) is 16.9. The van der Waals surface area contributed by atoms with E-state index in [9.17, 15) is 9.59 Å². The molecule has 0 saturated heterocycles. The zero-order valence-corrected chi connectivity index (χ0v) is 16.9. The molecule has 0 aliphatic heterocycles. The van der Waals surface area contributed by atoms with E-state index in [4.69, 9.17) is 9.47 Å². The lowest BCUT2D eigenvalue weighted by atomic mass is 10.1. The Morgan fingerprint density at radius 2 is 1.75 bits per heavy atom. The highest BCUT2D eigenvalue weighted by Crippen LogP contribution is 2.28. The number of carbonyl (C=O) groups is 2. The Balaban J connectivity index is 2.00. The predicted octanol–water partition coefficient (Wildman–Crippen LogP) is 3.28. The number of nitrogens with one attached hydrogen (secondary N) is 3. The number of benzene rings is 2. The zero-order chi connectivity index (χ0) is 20.7. The van der Waals surface area contributed by atoms with Gasteiger partial charge in [0.25, 0.3) is 5.91 Å². The van der Waals surface area contributed by atoms with Crippen molar-refractivity contribution in [1.29, 1.82) is 0 Å². The molecule has 150 valence electrons. The summed E-state index contributed by atoms with van der Waals surface area (Å²) in [5, 5.41) is 8.73. The van der Waals surface area contributed by atoms with Crippen LogP contribution in [0.5, 0.6) is 11.5 Å². The van der Waals surface area contributed by atoms with Gasteiger partial charge in [0, 0.05) is 22.9 Å². The van der Waals surface area contributed by atoms with Crippen molar-refractivity contribution < 1.29 is 19.1 Å². The van der Waals surface area contributed by atoms with Gasteiger partial charge in [0.15, 0.2) is 0 Å². The molecule has 0 aliphatic carbocycles. The van der Waals surface area contributed by atoms with Crippen molar-refractivity contribution in [2.45, 2.75) is 26.3 Å². The number of methoxy groups -OCH3 is 2. The number of hydrogen-bond acceptors (Lipinski definition) is 5. The van der Waals surface area contributed by atoms with Gasteiger partial charge in [-0.25, -0.2) is 0 Å². The van der Waals surface area contributed by atoms with Gasteiger partial charge in [-0.1, -0.05) is 6.07 Å². The highest BCUT2D eigenvalue weighted by Gasteiger charge is 2.15. The summed E-state index contributed by atoms with van der Waals surface area (Å²) in [5.41, 5.74) is 1.40. The molecule has 0 bridgehead atoms. The van der Waals surface area contributed by atoms with Crippen molar-refractivity contribution in [3.8, 4) is 11.5 Å². The third-order valence-electron chi connectivity index (χ3n) is 3.75. The van der Waals surface area contributed by atoms with Crippen LogP contribution in [0.1, 0.15) is 31.1 Å².